The van der Waals surface area contributed by atoms with E-state index in [2.05, 4.69) is 21.2 Å². The molecule has 0 aliphatic heterocycles. The summed E-state index contributed by atoms with van der Waals surface area (Å²) in [7, 11) is 0. The van der Waals surface area contributed by atoms with Crippen LogP contribution in [0.1, 0.15) is 11.3 Å². The predicted molar refractivity (Wildman–Crippen MR) is 64.4 cm³/mol. The van der Waals surface area contributed by atoms with Crippen molar-refractivity contribution in [3.63, 3.8) is 0 Å². The van der Waals surface area contributed by atoms with Gasteiger partial charge in [0.05, 0.1) is 0 Å². The minimum Gasteiger partial charge on any atom is -0.338 e. The first-order valence-electron chi connectivity index (χ1n) is 4.88. The number of nitriles is 1. The van der Waals surface area contributed by atoms with Gasteiger partial charge in [-0.2, -0.15) is 5.26 Å². The van der Waals surface area contributed by atoms with E-state index in [1.54, 1.807) is 6.07 Å². The van der Waals surface area contributed by atoms with Crippen molar-refractivity contribution in [2.75, 3.05) is 5.32 Å². The van der Waals surface area contributed by atoms with Gasteiger partial charge in [0.15, 0.2) is 11.5 Å². The number of hydrogen-bond acceptors (Lipinski definition) is 4. The highest BCUT2D eigenvalue weighted by Gasteiger charge is 2.04. The molecule has 4 heteroatoms. The third-order valence-electron chi connectivity index (χ3n) is 2.10. The van der Waals surface area contributed by atoms with E-state index in [9.17, 15) is 0 Å². The Morgan fingerprint density at radius 3 is 2.82 bits per heavy atom. The second-order valence-electron chi connectivity index (χ2n) is 3.22. The Bertz CT molecular complexity index is 620. The average molecular weight is 220 g/mol. The zero-order valence-electron chi connectivity index (χ0n) is 8.88. The highest BCUT2D eigenvalue weighted by Crippen LogP contribution is 2.17. The van der Waals surface area contributed by atoms with E-state index in [0.29, 0.717) is 5.82 Å². The van der Waals surface area contributed by atoms with E-state index in [-0.39, 0.29) is 5.69 Å². The molecule has 2 aromatic rings. The molecule has 0 amide bonds. The molecule has 80 valence electrons. The summed E-state index contributed by atoms with van der Waals surface area (Å²) >= 11 is 0. The summed E-state index contributed by atoms with van der Waals surface area (Å²) in [4.78, 5) is 7.96. The Morgan fingerprint density at radius 1 is 1.24 bits per heavy atom. The van der Waals surface area contributed by atoms with Gasteiger partial charge in [0.2, 0.25) is 0 Å². The van der Waals surface area contributed by atoms with Crippen LogP contribution in [0.5, 0.6) is 0 Å². The fourth-order valence-corrected chi connectivity index (χ4v) is 1.33. The standard InChI is InChI=1S/C13H8N4/c1-2-10-4-3-5-11(8-10)17-13-12(9-14)15-6-7-16-13/h1,3-8H,(H,16,17). The van der Waals surface area contributed by atoms with Gasteiger partial charge in [-0.1, -0.05) is 12.0 Å². The lowest BCUT2D eigenvalue weighted by molar-refractivity contribution is 1.16. The number of terminal acetylenes is 1. The van der Waals surface area contributed by atoms with Gasteiger partial charge in [-0.05, 0) is 18.2 Å². The van der Waals surface area contributed by atoms with Crippen molar-refractivity contribution in [3.8, 4) is 18.4 Å². The maximum Gasteiger partial charge on any atom is 0.183 e. The van der Waals surface area contributed by atoms with Gasteiger partial charge >= 0.3 is 0 Å². The second kappa shape index (κ2) is 4.78. The lowest BCUT2D eigenvalue weighted by atomic mass is 10.2. The molecule has 0 atom stereocenters. The fourth-order valence-electron chi connectivity index (χ4n) is 1.33. The van der Waals surface area contributed by atoms with Gasteiger partial charge in [-0.15, -0.1) is 6.42 Å². The molecule has 1 heterocycles. The minimum atomic E-state index is 0.249. The molecule has 17 heavy (non-hydrogen) atoms. The summed E-state index contributed by atoms with van der Waals surface area (Å²) in [5.74, 6) is 2.96. The minimum absolute atomic E-state index is 0.249. The highest BCUT2D eigenvalue weighted by molar-refractivity contribution is 5.62. The van der Waals surface area contributed by atoms with Crippen molar-refractivity contribution >= 4 is 11.5 Å². The largest absolute Gasteiger partial charge is 0.338 e. The van der Waals surface area contributed by atoms with Crippen LogP contribution in [-0.2, 0) is 0 Å². The molecule has 0 spiro atoms. The van der Waals surface area contributed by atoms with Crippen molar-refractivity contribution in [1.82, 2.24) is 9.97 Å². The van der Waals surface area contributed by atoms with E-state index < -0.39 is 0 Å². The number of hydrogen-bond donors (Lipinski definition) is 1. The fraction of sp³-hybridized carbons (Fsp3) is 0. The molecule has 0 unspecified atom stereocenters. The Balaban J connectivity index is 2.32. The number of benzene rings is 1. The van der Waals surface area contributed by atoms with E-state index in [1.807, 2.05) is 24.3 Å². The molecular formula is C13H8N4. The van der Waals surface area contributed by atoms with Gasteiger partial charge in [-0.3, -0.25) is 0 Å². The summed E-state index contributed by atoms with van der Waals surface area (Å²) in [6, 6.07) is 9.27. The molecule has 0 radical (unpaired) electrons. The van der Waals surface area contributed by atoms with Crippen LogP contribution in [0.3, 0.4) is 0 Å². The molecule has 0 bridgehead atoms. The lowest BCUT2D eigenvalue weighted by Crippen LogP contribution is -1.98. The van der Waals surface area contributed by atoms with Crippen LogP contribution < -0.4 is 5.32 Å². The van der Waals surface area contributed by atoms with Gasteiger partial charge in [0, 0.05) is 23.6 Å². The van der Waals surface area contributed by atoms with E-state index >= 15 is 0 Å². The maximum atomic E-state index is 8.87. The van der Waals surface area contributed by atoms with Gasteiger partial charge in [0.1, 0.15) is 6.07 Å². The molecule has 0 aliphatic carbocycles. The lowest BCUT2D eigenvalue weighted by Gasteiger charge is -2.06. The van der Waals surface area contributed by atoms with E-state index in [0.717, 1.165) is 11.3 Å². The first kappa shape index (κ1) is 10.7. The summed E-state index contributed by atoms with van der Waals surface area (Å²) in [6.45, 7) is 0. The third kappa shape index (κ3) is 2.39. The van der Waals surface area contributed by atoms with E-state index in [1.165, 1.54) is 12.4 Å². The zero-order valence-corrected chi connectivity index (χ0v) is 8.88. The first-order valence-corrected chi connectivity index (χ1v) is 4.88. The summed E-state index contributed by atoms with van der Waals surface area (Å²) < 4.78 is 0. The monoisotopic (exact) mass is 220 g/mol. The molecule has 0 saturated carbocycles. The zero-order chi connectivity index (χ0) is 12.1. The molecule has 4 nitrogen and oxygen atoms in total. The Labute approximate surface area is 99.0 Å². The Morgan fingerprint density at radius 2 is 2.06 bits per heavy atom. The van der Waals surface area contributed by atoms with Gasteiger partial charge in [-0.25, -0.2) is 9.97 Å². The molecule has 1 aromatic heterocycles. The Kier molecular flexibility index (Phi) is 3.00. The number of nitrogens with one attached hydrogen (secondary N) is 1. The van der Waals surface area contributed by atoms with Crippen LogP contribution in [0.4, 0.5) is 11.5 Å². The molecule has 0 aliphatic rings. The molecule has 0 fully saturated rings. The van der Waals surface area contributed by atoms with Crippen molar-refractivity contribution in [2.24, 2.45) is 0 Å². The smallest absolute Gasteiger partial charge is 0.183 e. The Hall–Kier alpha value is -2.85. The van der Waals surface area contributed by atoms with Gasteiger partial charge < -0.3 is 5.32 Å². The summed E-state index contributed by atoms with van der Waals surface area (Å²) in [5.41, 5.74) is 1.79. The quantitative estimate of drug-likeness (QED) is 0.787. The SMILES string of the molecule is C#Cc1cccc(Nc2nccnc2C#N)c1. The number of anilines is 2. The molecule has 1 N–H and O–H groups in total. The van der Waals surface area contributed by atoms with Crippen molar-refractivity contribution in [2.45, 2.75) is 0 Å². The number of nitrogens with zero attached hydrogens (tertiary/aromatic N) is 3. The van der Waals surface area contributed by atoms with Gasteiger partial charge in [0.25, 0.3) is 0 Å². The summed E-state index contributed by atoms with van der Waals surface area (Å²) in [6.07, 6.45) is 8.31. The third-order valence-corrected chi connectivity index (χ3v) is 2.10. The summed E-state index contributed by atoms with van der Waals surface area (Å²) in [5, 5.41) is 11.9. The van der Waals surface area contributed by atoms with Crippen molar-refractivity contribution < 1.29 is 0 Å². The van der Waals surface area contributed by atoms with Crippen LogP contribution in [0.2, 0.25) is 0 Å². The van der Waals surface area contributed by atoms with Crippen LogP contribution in [0.25, 0.3) is 0 Å². The number of aromatic nitrogens is 2. The second-order valence-corrected chi connectivity index (χ2v) is 3.22. The predicted octanol–water partition coefficient (Wildman–Crippen LogP) is 2.07. The normalized spacial score (nSPS) is 9.06. The first-order chi connectivity index (χ1) is 8.33. The van der Waals surface area contributed by atoms with Crippen LogP contribution in [-0.4, -0.2) is 9.97 Å². The molecule has 0 saturated heterocycles. The topological polar surface area (TPSA) is 61.6 Å². The van der Waals surface area contributed by atoms with Crippen molar-refractivity contribution in [1.29, 1.82) is 5.26 Å². The maximum absolute atomic E-state index is 8.87. The molecular weight excluding hydrogens is 212 g/mol. The highest BCUT2D eigenvalue weighted by atomic mass is 15.0. The molecule has 1 aromatic carbocycles. The molecule has 2 rings (SSSR count). The number of rotatable bonds is 2. The van der Waals surface area contributed by atoms with Crippen molar-refractivity contribution in [3.05, 3.63) is 47.9 Å². The average Bonchev–Trinajstić information content (AvgIpc) is 2.39. The van der Waals surface area contributed by atoms with Crippen LogP contribution in [0.15, 0.2) is 36.7 Å². The van der Waals surface area contributed by atoms with Crippen LogP contribution in [0, 0.1) is 23.7 Å². The van der Waals surface area contributed by atoms with Crippen LogP contribution >= 0.6 is 0 Å². The van der Waals surface area contributed by atoms with E-state index in [4.69, 9.17) is 11.7 Å².